The van der Waals surface area contributed by atoms with Crippen LogP contribution in [0.1, 0.15) is 23.7 Å². The predicted octanol–water partition coefficient (Wildman–Crippen LogP) is 0.721. The molecule has 1 unspecified atom stereocenters. The van der Waals surface area contributed by atoms with Crippen molar-refractivity contribution in [1.29, 1.82) is 0 Å². The number of carbonyl (C=O) groups is 1. The molecule has 1 atom stereocenters. The van der Waals surface area contributed by atoms with Crippen LogP contribution in [-0.2, 0) is 0 Å². The van der Waals surface area contributed by atoms with Crippen molar-refractivity contribution >= 4 is 5.91 Å². The van der Waals surface area contributed by atoms with Crippen molar-refractivity contribution in [3.63, 3.8) is 0 Å². The first-order valence-electron chi connectivity index (χ1n) is 4.67. The second-order valence-electron chi connectivity index (χ2n) is 3.26. The number of aliphatic hydroxyl groups excluding tert-OH is 1. The molecule has 0 saturated carbocycles. The van der Waals surface area contributed by atoms with Gasteiger partial charge in [0.05, 0.1) is 11.7 Å². The van der Waals surface area contributed by atoms with E-state index in [-0.39, 0.29) is 5.91 Å². The third-order valence-electron chi connectivity index (χ3n) is 1.84. The standard InChI is InChI=1S/C10H13FN2O2/c1-7(14)4-5-12-10(15)8-2-3-9(11)13-6-8/h2-3,6-7,14H,4-5H2,1H3,(H,12,15). The van der Waals surface area contributed by atoms with Gasteiger partial charge in [-0.2, -0.15) is 4.39 Å². The van der Waals surface area contributed by atoms with E-state index in [0.717, 1.165) is 6.07 Å². The van der Waals surface area contributed by atoms with Gasteiger partial charge in [0.2, 0.25) is 5.95 Å². The number of rotatable bonds is 4. The van der Waals surface area contributed by atoms with Crippen LogP contribution in [0.5, 0.6) is 0 Å². The van der Waals surface area contributed by atoms with Crippen LogP contribution in [0.25, 0.3) is 0 Å². The van der Waals surface area contributed by atoms with Gasteiger partial charge < -0.3 is 10.4 Å². The molecule has 0 aromatic carbocycles. The summed E-state index contributed by atoms with van der Waals surface area (Å²) < 4.78 is 12.4. The van der Waals surface area contributed by atoms with Gasteiger partial charge >= 0.3 is 0 Å². The Morgan fingerprint density at radius 3 is 2.93 bits per heavy atom. The number of nitrogens with one attached hydrogen (secondary N) is 1. The Kier molecular flexibility index (Phi) is 4.17. The summed E-state index contributed by atoms with van der Waals surface area (Å²) in [6.45, 7) is 2.03. The zero-order chi connectivity index (χ0) is 11.3. The van der Waals surface area contributed by atoms with Gasteiger partial charge in [-0.05, 0) is 25.5 Å². The van der Waals surface area contributed by atoms with Crippen molar-refractivity contribution in [2.75, 3.05) is 6.54 Å². The maximum absolute atomic E-state index is 12.4. The second kappa shape index (κ2) is 5.41. The Morgan fingerprint density at radius 1 is 1.67 bits per heavy atom. The smallest absolute Gasteiger partial charge is 0.252 e. The Bertz CT molecular complexity index is 325. The van der Waals surface area contributed by atoms with Crippen molar-refractivity contribution in [3.05, 3.63) is 29.8 Å². The molecular formula is C10H13FN2O2. The number of nitrogens with zero attached hydrogens (tertiary/aromatic N) is 1. The third-order valence-corrected chi connectivity index (χ3v) is 1.84. The minimum Gasteiger partial charge on any atom is -0.393 e. The maximum Gasteiger partial charge on any atom is 0.252 e. The number of aliphatic hydroxyl groups is 1. The van der Waals surface area contributed by atoms with Gasteiger partial charge in [0.15, 0.2) is 0 Å². The molecule has 0 spiro atoms. The fourth-order valence-corrected chi connectivity index (χ4v) is 1.01. The van der Waals surface area contributed by atoms with Crippen molar-refractivity contribution < 1.29 is 14.3 Å². The van der Waals surface area contributed by atoms with Crippen LogP contribution in [0.4, 0.5) is 4.39 Å². The van der Waals surface area contributed by atoms with Crippen LogP contribution in [0.15, 0.2) is 18.3 Å². The summed E-state index contributed by atoms with van der Waals surface area (Å²) in [4.78, 5) is 14.7. The number of halogens is 1. The fraction of sp³-hybridized carbons (Fsp3) is 0.400. The third kappa shape index (κ3) is 4.03. The number of hydrogen-bond acceptors (Lipinski definition) is 3. The molecule has 1 rings (SSSR count). The monoisotopic (exact) mass is 212 g/mol. The number of aromatic nitrogens is 1. The minimum atomic E-state index is -0.615. The van der Waals surface area contributed by atoms with Gasteiger partial charge in [-0.1, -0.05) is 0 Å². The molecule has 82 valence electrons. The Labute approximate surface area is 87.1 Å². The minimum absolute atomic E-state index is 0.307. The molecule has 15 heavy (non-hydrogen) atoms. The van der Waals surface area contributed by atoms with E-state index in [0.29, 0.717) is 18.5 Å². The Balaban J connectivity index is 2.43. The summed E-state index contributed by atoms with van der Waals surface area (Å²) in [6.07, 6.45) is 1.21. The first kappa shape index (κ1) is 11.6. The molecule has 0 bridgehead atoms. The molecule has 0 aliphatic rings. The quantitative estimate of drug-likeness (QED) is 0.723. The lowest BCUT2D eigenvalue weighted by Gasteiger charge is -2.06. The second-order valence-corrected chi connectivity index (χ2v) is 3.26. The Hall–Kier alpha value is -1.49. The average molecular weight is 212 g/mol. The van der Waals surface area contributed by atoms with E-state index < -0.39 is 12.1 Å². The summed E-state index contributed by atoms with van der Waals surface area (Å²) in [6, 6.07) is 2.49. The normalized spacial score (nSPS) is 12.2. The van der Waals surface area contributed by atoms with E-state index in [1.165, 1.54) is 12.3 Å². The van der Waals surface area contributed by atoms with E-state index in [1.807, 2.05) is 0 Å². The maximum atomic E-state index is 12.4. The lowest BCUT2D eigenvalue weighted by Crippen LogP contribution is -2.26. The topological polar surface area (TPSA) is 62.2 Å². The highest BCUT2D eigenvalue weighted by atomic mass is 19.1. The van der Waals surface area contributed by atoms with E-state index in [9.17, 15) is 9.18 Å². The molecule has 0 aliphatic heterocycles. The molecule has 1 aromatic rings. The molecule has 1 amide bonds. The van der Waals surface area contributed by atoms with Crippen LogP contribution >= 0.6 is 0 Å². The van der Waals surface area contributed by atoms with Crippen LogP contribution in [0.2, 0.25) is 0 Å². The molecule has 1 heterocycles. The zero-order valence-electron chi connectivity index (χ0n) is 8.40. The molecular weight excluding hydrogens is 199 g/mol. The zero-order valence-corrected chi connectivity index (χ0v) is 8.40. The van der Waals surface area contributed by atoms with Crippen molar-refractivity contribution in [3.8, 4) is 0 Å². The highest BCUT2D eigenvalue weighted by Gasteiger charge is 2.05. The van der Waals surface area contributed by atoms with E-state index in [1.54, 1.807) is 6.92 Å². The van der Waals surface area contributed by atoms with Gasteiger partial charge in [0.25, 0.3) is 5.91 Å². The molecule has 2 N–H and O–H groups in total. The first-order valence-corrected chi connectivity index (χ1v) is 4.67. The molecule has 0 saturated heterocycles. The summed E-state index contributed by atoms with van der Waals surface area (Å²) in [5, 5.41) is 11.5. The summed E-state index contributed by atoms with van der Waals surface area (Å²) in [5.41, 5.74) is 0.307. The molecule has 0 aliphatic carbocycles. The largest absolute Gasteiger partial charge is 0.393 e. The Morgan fingerprint density at radius 2 is 2.40 bits per heavy atom. The van der Waals surface area contributed by atoms with Gasteiger partial charge in [-0.3, -0.25) is 4.79 Å². The number of pyridine rings is 1. The lowest BCUT2D eigenvalue weighted by molar-refractivity contribution is 0.0945. The number of carbonyl (C=O) groups excluding carboxylic acids is 1. The van der Waals surface area contributed by atoms with Crippen LogP contribution in [-0.4, -0.2) is 28.6 Å². The predicted molar refractivity (Wildman–Crippen MR) is 52.8 cm³/mol. The number of amides is 1. The highest BCUT2D eigenvalue weighted by Crippen LogP contribution is 1.98. The molecule has 1 aromatic heterocycles. The molecule has 0 radical (unpaired) electrons. The molecule has 5 heteroatoms. The van der Waals surface area contributed by atoms with Gasteiger partial charge in [0, 0.05) is 12.7 Å². The van der Waals surface area contributed by atoms with Crippen LogP contribution in [0.3, 0.4) is 0 Å². The van der Waals surface area contributed by atoms with E-state index >= 15 is 0 Å². The summed E-state index contributed by atoms with van der Waals surface area (Å²) in [5.74, 6) is -0.932. The van der Waals surface area contributed by atoms with Crippen molar-refractivity contribution in [2.24, 2.45) is 0 Å². The van der Waals surface area contributed by atoms with Crippen LogP contribution in [0, 0.1) is 5.95 Å². The average Bonchev–Trinajstić information content (AvgIpc) is 2.18. The van der Waals surface area contributed by atoms with E-state index in [4.69, 9.17) is 5.11 Å². The summed E-state index contributed by atoms with van der Waals surface area (Å²) >= 11 is 0. The first-order chi connectivity index (χ1) is 7.09. The molecule has 4 nitrogen and oxygen atoms in total. The SMILES string of the molecule is CC(O)CCNC(=O)c1ccc(F)nc1. The van der Waals surface area contributed by atoms with E-state index in [2.05, 4.69) is 10.3 Å². The highest BCUT2D eigenvalue weighted by molar-refractivity contribution is 5.93. The van der Waals surface area contributed by atoms with Gasteiger partial charge in [0.1, 0.15) is 0 Å². The molecule has 0 fully saturated rings. The van der Waals surface area contributed by atoms with Gasteiger partial charge in [-0.25, -0.2) is 4.98 Å². The number of hydrogen-bond donors (Lipinski definition) is 2. The fourth-order valence-electron chi connectivity index (χ4n) is 1.01. The lowest BCUT2D eigenvalue weighted by atomic mass is 10.2. The van der Waals surface area contributed by atoms with Crippen LogP contribution < -0.4 is 5.32 Å². The van der Waals surface area contributed by atoms with Crippen molar-refractivity contribution in [2.45, 2.75) is 19.4 Å². The van der Waals surface area contributed by atoms with Crippen molar-refractivity contribution in [1.82, 2.24) is 10.3 Å². The summed E-state index contributed by atoms with van der Waals surface area (Å²) in [7, 11) is 0. The van der Waals surface area contributed by atoms with Gasteiger partial charge in [-0.15, -0.1) is 0 Å².